The summed E-state index contributed by atoms with van der Waals surface area (Å²) < 4.78 is 0. The lowest BCUT2D eigenvalue weighted by molar-refractivity contribution is 2.07. The van der Waals surface area contributed by atoms with E-state index in [9.17, 15) is 0 Å². The fourth-order valence-corrected chi connectivity index (χ4v) is 3.75. The van der Waals surface area contributed by atoms with Crippen LogP contribution in [-0.4, -0.2) is 15.8 Å². The normalized spacial score (nSPS) is 18.3. The summed E-state index contributed by atoms with van der Waals surface area (Å²) in [6, 6.07) is 0. The molecule has 0 unspecified atom stereocenters. The number of hydrogen-bond donors (Lipinski definition) is 0. The van der Waals surface area contributed by atoms with Crippen molar-refractivity contribution < 1.29 is 0 Å². The van der Waals surface area contributed by atoms with E-state index in [1.54, 1.807) is 0 Å². The minimum absolute atomic E-state index is 0.150. The fourth-order valence-electron chi connectivity index (χ4n) is 0.417. The molecule has 0 nitrogen and oxygen atoms in total. The van der Waals surface area contributed by atoms with Crippen molar-refractivity contribution in [3.05, 3.63) is 11.4 Å². The highest BCUT2D eigenvalue weighted by Crippen LogP contribution is 1.90. The van der Waals surface area contributed by atoms with E-state index in [1.807, 2.05) is 0 Å². The first-order valence-corrected chi connectivity index (χ1v) is 7.32. The van der Waals surface area contributed by atoms with Gasteiger partial charge in [0.25, 0.3) is 0 Å². The van der Waals surface area contributed by atoms with E-state index in [0.717, 1.165) is 0 Å². The van der Waals surface area contributed by atoms with E-state index in [2.05, 4.69) is 24.5 Å². The molecule has 32 valence electrons. The first-order valence-electron chi connectivity index (χ1n) is 2.16. The molecule has 0 aromatic heterocycles. The van der Waals surface area contributed by atoms with Crippen LogP contribution >= 0.6 is 0 Å². The maximum absolute atomic E-state index is 2.39. The summed E-state index contributed by atoms with van der Waals surface area (Å²) in [7, 11) is 0.300. The van der Waals surface area contributed by atoms with E-state index in [0.29, 0.717) is 0 Å². The molecule has 2 heteroatoms. The average Bonchev–Trinajstić information content (AvgIpc) is 1.61. The van der Waals surface area contributed by atoms with Crippen LogP contribution in [0.25, 0.3) is 0 Å². The topological polar surface area (TPSA) is 0 Å². The molecule has 0 saturated heterocycles. The van der Waals surface area contributed by atoms with Gasteiger partial charge in [0, 0.05) is 15.8 Å². The first kappa shape index (κ1) is 4.34. The molecule has 1 aliphatic rings. The Balaban J connectivity index is 2.71. The quantitative estimate of drug-likeness (QED) is 0.410. The van der Waals surface area contributed by atoms with Crippen molar-refractivity contribution in [1.29, 1.82) is 0 Å². The Labute approximate surface area is 41.0 Å². The molecule has 0 amide bonds. The minimum atomic E-state index is 0.150. The van der Waals surface area contributed by atoms with Crippen LogP contribution < -0.4 is 0 Å². The highest BCUT2D eigenvalue weighted by Gasteiger charge is 1.97. The SMILES string of the molecule is C[Si]1=[Si](C)C=C1. The van der Waals surface area contributed by atoms with Crippen LogP contribution in [0, 0.1) is 0 Å². The smallest absolute Gasteiger partial charge is 0.0152 e. The summed E-state index contributed by atoms with van der Waals surface area (Å²) in [5, 5.41) is 0. The largest absolute Gasteiger partial charge is 0.0861 e. The molecule has 0 aromatic rings. The third-order valence-electron chi connectivity index (χ3n) is 1.21. The summed E-state index contributed by atoms with van der Waals surface area (Å²) in [5.74, 6) is 0. The summed E-state index contributed by atoms with van der Waals surface area (Å²) in [6.07, 6.45) is 0. The number of rotatable bonds is 0. The molecule has 1 aliphatic heterocycles. The van der Waals surface area contributed by atoms with Crippen molar-refractivity contribution in [1.82, 2.24) is 0 Å². The van der Waals surface area contributed by atoms with Gasteiger partial charge in [-0.05, 0) is 0 Å². The Morgan fingerprint density at radius 1 is 1.00 bits per heavy atom. The van der Waals surface area contributed by atoms with Gasteiger partial charge in [0.05, 0.1) is 0 Å². The molecule has 6 heavy (non-hydrogen) atoms. The van der Waals surface area contributed by atoms with E-state index < -0.39 is 0 Å². The third-order valence-corrected chi connectivity index (χ3v) is 8.85. The predicted octanol–water partition coefficient (Wildman–Crippen LogP) is 0.962. The van der Waals surface area contributed by atoms with Gasteiger partial charge in [0.2, 0.25) is 0 Å². The van der Waals surface area contributed by atoms with Crippen molar-refractivity contribution in [3.8, 4) is 0 Å². The van der Waals surface area contributed by atoms with Crippen LogP contribution in [0.5, 0.6) is 0 Å². The molecule has 0 radical (unpaired) electrons. The predicted molar refractivity (Wildman–Crippen MR) is 32.4 cm³/mol. The summed E-state index contributed by atoms with van der Waals surface area (Å²) >= 11 is 0. The molecule has 1 rings (SSSR count). The lowest BCUT2D eigenvalue weighted by Gasteiger charge is -2.02. The molecule has 0 aliphatic carbocycles. The van der Waals surface area contributed by atoms with Crippen LogP contribution in [0.3, 0.4) is 0 Å². The highest BCUT2D eigenvalue weighted by atomic mass is 28.9. The van der Waals surface area contributed by atoms with Gasteiger partial charge in [-0.3, -0.25) is 0 Å². The van der Waals surface area contributed by atoms with E-state index in [1.165, 1.54) is 0 Å². The Hall–Kier alpha value is 0.174. The van der Waals surface area contributed by atoms with Crippen LogP contribution in [0.4, 0.5) is 0 Å². The van der Waals surface area contributed by atoms with E-state index in [-0.39, 0.29) is 15.8 Å². The highest BCUT2D eigenvalue weighted by molar-refractivity contribution is 7.05. The van der Waals surface area contributed by atoms with Crippen LogP contribution in [0.1, 0.15) is 0 Å². The fraction of sp³-hybridized carbons (Fsp3) is 0.500. The monoisotopic (exact) mass is 112 g/mol. The second-order valence-electron chi connectivity index (χ2n) is 1.70. The molecule has 0 saturated carbocycles. The molecule has 0 spiro atoms. The van der Waals surface area contributed by atoms with Crippen molar-refractivity contribution in [2.45, 2.75) is 13.1 Å². The molecular weight excluding hydrogens is 104 g/mol. The summed E-state index contributed by atoms with van der Waals surface area (Å²) in [5.41, 5.74) is 4.78. The zero-order valence-corrected chi connectivity index (χ0v) is 6.15. The molecule has 0 N–H and O–H groups in total. The van der Waals surface area contributed by atoms with Crippen molar-refractivity contribution >= 4 is 15.8 Å². The Morgan fingerprint density at radius 3 is 1.33 bits per heavy atom. The van der Waals surface area contributed by atoms with Gasteiger partial charge in [-0.15, -0.1) is 0 Å². The molecule has 1 heterocycles. The van der Waals surface area contributed by atoms with Gasteiger partial charge < -0.3 is 0 Å². The molecule has 0 bridgehead atoms. The lowest BCUT2D eigenvalue weighted by atomic mass is 11.2. The molecule has 0 atom stereocenters. The maximum Gasteiger partial charge on any atom is 0.0152 e. The van der Waals surface area contributed by atoms with Crippen molar-refractivity contribution in [2.75, 3.05) is 0 Å². The van der Waals surface area contributed by atoms with Crippen molar-refractivity contribution in [2.24, 2.45) is 0 Å². The average molecular weight is 112 g/mol. The minimum Gasteiger partial charge on any atom is -0.0861 e. The molecule has 0 fully saturated rings. The van der Waals surface area contributed by atoms with Crippen LogP contribution in [0.15, 0.2) is 11.4 Å². The van der Waals surface area contributed by atoms with Crippen molar-refractivity contribution in [3.63, 3.8) is 0 Å². The zero-order chi connectivity index (χ0) is 4.57. The van der Waals surface area contributed by atoms with Gasteiger partial charge in [-0.1, -0.05) is 24.5 Å². The number of hydrogen-bond acceptors (Lipinski definition) is 0. The first-order chi connectivity index (χ1) is 2.80. The second-order valence-corrected chi connectivity index (χ2v) is 9.83. The molecule has 0 aromatic carbocycles. The molecular formula is C4H8Si2. The standard InChI is InChI=1S/C4H8Si2/c1-5-3-4-6(5)2/h3-4H,1-2H3. The maximum atomic E-state index is 2.39. The second kappa shape index (κ2) is 1.35. The Bertz CT molecular complexity index is 108. The van der Waals surface area contributed by atoms with Gasteiger partial charge in [-0.25, -0.2) is 0 Å². The van der Waals surface area contributed by atoms with Crippen LogP contribution in [-0.2, 0) is 0 Å². The van der Waals surface area contributed by atoms with E-state index in [4.69, 9.17) is 0 Å². The van der Waals surface area contributed by atoms with Crippen LogP contribution in [0.2, 0.25) is 13.1 Å². The summed E-state index contributed by atoms with van der Waals surface area (Å²) in [4.78, 5) is 0. The Morgan fingerprint density at radius 2 is 1.33 bits per heavy atom. The lowest BCUT2D eigenvalue weighted by Crippen LogP contribution is -2.14. The Kier molecular flexibility index (Phi) is 0.975. The zero-order valence-electron chi connectivity index (χ0n) is 4.15. The van der Waals surface area contributed by atoms with Gasteiger partial charge in [0.15, 0.2) is 0 Å². The van der Waals surface area contributed by atoms with Gasteiger partial charge in [-0.2, -0.15) is 0 Å². The van der Waals surface area contributed by atoms with Gasteiger partial charge in [0.1, 0.15) is 0 Å². The third kappa shape index (κ3) is 0.500. The van der Waals surface area contributed by atoms with E-state index >= 15 is 0 Å². The van der Waals surface area contributed by atoms with Gasteiger partial charge >= 0.3 is 0 Å². The summed E-state index contributed by atoms with van der Waals surface area (Å²) in [6.45, 7) is 4.78.